The Labute approximate surface area is 210 Å². The monoisotopic (exact) mass is 490 g/mol. The molecule has 0 radical (unpaired) electrons. The van der Waals surface area contributed by atoms with Crippen LogP contribution in [-0.4, -0.2) is 26.3 Å². The number of nitrogens with two attached hydrogens (primary N) is 1. The van der Waals surface area contributed by atoms with E-state index in [-0.39, 0.29) is 23.5 Å². The van der Waals surface area contributed by atoms with Crippen molar-refractivity contribution in [3.63, 3.8) is 0 Å². The summed E-state index contributed by atoms with van der Waals surface area (Å²) in [5.41, 5.74) is 8.59. The van der Waals surface area contributed by atoms with Crippen molar-refractivity contribution >= 4 is 34.4 Å². The number of hydrogen-bond donors (Lipinski definition) is 2. The molecule has 0 aliphatic carbocycles. The largest absolute Gasteiger partial charge is 0.366 e. The molecule has 0 fully saturated rings. The first-order chi connectivity index (χ1) is 17.9. The number of carbonyl (C=O) groups is 2. The van der Waals surface area contributed by atoms with Gasteiger partial charge in [-0.15, -0.1) is 0 Å². The lowest BCUT2D eigenvalue weighted by atomic mass is 10.0. The third-order valence-electron chi connectivity index (χ3n) is 5.85. The molecule has 5 rings (SSSR count). The molecule has 0 saturated heterocycles. The molecule has 5 aromatic rings. The van der Waals surface area contributed by atoms with Gasteiger partial charge in [0.25, 0.3) is 0 Å². The van der Waals surface area contributed by atoms with Crippen molar-refractivity contribution in [1.29, 1.82) is 5.26 Å². The average molecular weight is 490 g/mol. The van der Waals surface area contributed by atoms with Crippen LogP contribution in [0.2, 0.25) is 0 Å². The number of benzene rings is 3. The molecule has 3 aromatic carbocycles. The minimum atomic E-state index is -0.517. The summed E-state index contributed by atoms with van der Waals surface area (Å²) in [6.45, 7) is 0. The van der Waals surface area contributed by atoms with Crippen LogP contribution in [-0.2, 0) is 6.42 Å². The molecule has 0 spiro atoms. The minimum absolute atomic E-state index is 0.134. The van der Waals surface area contributed by atoms with Gasteiger partial charge in [-0.25, -0.2) is 14.4 Å². The molecule has 8 nitrogen and oxygen atoms in total. The maximum atomic E-state index is 14.1. The Balaban J connectivity index is 1.45. The number of nitriles is 1. The molecule has 180 valence electrons. The van der Waals surface area contributed by atoms with Gasteiger partial charge in [-0.2, -0.15) is 5.26 Å². The van der Waals surface area contributed by atoms with Crippen molar-refractivity contribution in [3.8, 4) is 17.3 Å². The van der Waals surface area contributed by atoms with Gasteiger partial charge < -0.3 is 11.1 Å². The van der Waals surface area contributed by atoms with E-state index in [0.717, 1.165) is 0 Å². The first-order valence-corrected chi connectivity index (χ1v) is 11.2. The van der Waals surface area contributed by atoms with E-state index in [2.05, 4.69) is 21.4 Å². The molecule has 3 N–H and O–H groups in total. The number of nitrogens with zero attached hydrogens (tertiary/aromatic N) is 4. The molecule has 1 amide bonds. The highest BCUT2D eigenvalue weighted by Gasteiger charge is 2.17. The predicted molar refractivity (Wildman–Crippen MR) is 137 cm³/mol. The first-order valence-electron chi connectivity index (χ1n) is 11.2. The maximum Gasteiger partial charge on any atom is 0.248 e. The van der Waals surface area contributed by atoms with E-state index in [9.17, 15) is 19.2 Å². The van der Waals surface area contributed by atoms with E-state index in [1.165, 1.54) is 10.6 Å². The zero-order chi connectivity index (χ0) is 25.9. The number of carbonyl (C=O) groups excluding carboxylic acids is 2. The topological polar surface area (TPSA) is 127 Å². The van der Waals surface area contributed by atoms with Crippen LogP contribution >= 0.6 is 0 Å². The smallest absolute Gasteiger partial charge is 0.248 e. The van der Waals surface area contributed by atoms with Gasteiger partial charge in [0.15, 0.2) is 0 Å². The molecule has 0 unspecified atom stereocenters. The molecule has 0 saturated carbocycles. The Morgan fingerprint density at radius 3 is 2.57 bits per heavy atom. The van der Waals surface area contributed by atoms with Crippen molar-refractivity contribution < 1.29 is 14.0 Å². The van der Waals surface area contributed by atoms with Crippen LogP contribution < -0.4 is 11.1 Å². The summed E-state index contributed by atoms with van der Waals surface area (Å²) in [6.07, 6.45) is 3.04. The molecule has 37 heavy (non-hydrogen) atoms. The van der Waals surface area contributed by atoms with Gasteiger partial charge in [-0.05, 0) is 60.2 Å². The lowest BCUT2D eigenvalue weighted by Crippen LogP contribution is -2.13. The van der Waals surface area contributed by atoms with Gasteiger partial charge >= 0.3 is 0 Å². The number of aromatic nitrogens is 3. The fourth-order valence-electron chi connectivity index (χ4n) is 4.04. The molecule has 9 heteroatoms. The standard InChI is InChI=1S/C28H19FN6O2/c29-23-4-2-1-3-18(23)15-25(36)35-12-10-19-13-20(14-21(16-30)26(19)35)24-9-11-32-28(34-24)33-22-7-5-17(6-8-22)27(31)37/h1-14H,15H2,(H2,31,37)(H,32,33,34). The quantitative estimate of drug-likeness (QED) is 0.351. The lowest BCUT2D eigenvalue weighted by molar-refractivity contribution is 0.0917. The highest BCUT2D eigenvalue weighted by molar-refractivity contribution is 5.98. The highest BCUT2D eigenvalue weighted by atomic mass is 19.1. The zero-order valence-corrected chi connectivity index (χ0v) is 19.4. The van der Waals surface area contributed by atoms with E-state index >= 15 is 0 Å². The second-order valence-corrected chi connectivity index (χ2v) is 8.25. The second-order valence-electron chi connectivity index (χ2n) is 8.25. The molecule has 0 atom stereocenters. The fourth-order valence-corrected chi connectivity index (χ4v) is 4.04. The van der Waals surface area contributed by atoms with Gasteiger partial charge in [0.1, 0.15) is 11.9 Å². The number of primary amides is 1. The molecular formula is C28H19FN6O2. The van der Waals surface area contributed by atoms with Crippen LogP contribution in [0.4, 0.5) is 16.0 Å². The van der Waals surface area contributed by atoms with Crippen molar-refractivity contribution in [2.24, 2.45) is 5.73 Å². The zero-order valence-electron chi connectivity index (χ0n) is 19.4. The predicted octanol–water partition coefficient (Wildman–Crippen LogP) is 4.83. The van der Waals surface area contributed by atoms with Crippen LogP contribution in [0.25, 0.3) is 22.2 Å². The summed E-state index contributed by atoms with van der Waals surface area (Å²) in [7, 11) is 0. The second kappa shape index (κ2) is 9.71. The summed E-state index contributed by atoms with van der Waals surface area (Å²) >= 11 is 0. The number of anilines is 2. The highest BCUT2D eigenvalue weighted by Crippen LogP contribution is 2.29. The van der Waals surface area contributed by atoms with Crippen LogP contribution in [0, 0.1) is 17.1 Å². The van der Waals surface area contributed by atoms with Gasteiger partial charge in [-0.1, -0.05) is 18.2 Å². The summed E-state index contributed by atoms with van der Waals surface area (Å²) < 4.78 is 15.4. The summed E-state index contributed by atoms with van der Waals surface area (Å²) in [6, 6.07) is 21.8. The Hall–Kier alpha value is -5.36. The average Bonchev–Trinajstić information content (AvgIpc) is 3.34. The number of fused-ring (bicyclic) bond motifs is 1. The third kappa shape index (κ3) is 4.76. The molecular weight excluding hydrogens is 471 g/mol. The summed E-state index contributed by atoms with van der Waals surface area (Å²) in [5.74, 6) is -0.996. The van der Waals surface area contributed by atoms with Crippen LogP contribution in [0.15, 0.2) is 85.2 Å². The first kappa shape index (κ1) is 23.4. The molecule has 2 aromatic heterocycles. The van der Waals surface area contributed by atoms with Crippen molar-refractivity contribution in [1.82, 2.24) is 14.5 Å². The summed E-state index contributed by atoms with van der Waals surface area (Å²) in [5, 5.41) is 13.6. The van der Waals surface area contributed by atoms with Gasteiger partial charge in [-0.3, -0.25) is 14.2 Å². The third-order valence-corrected chi connectivity index (χ3v) is 5.85. The Morgan fingerprint density at radius 1 is 1.05 bits per heavy atom. The van der Waals surface area contributed by atoms with E-state index in [1.54, 1.807) is 73.1 Å². The van der Waals surface area contributed by atoms with E-state index in [0.29, 0.717) is 39.4 Å². The Bertz CT molecular complexity index is 1700. The normalized spacial score (nSPS) is 10.7. The SMILES string of the molecule is N#Cc1cc(-c2ccnc(Nc3ccc(C(N)=O)cc3)n2)cc2ccn(C(=O)Cc3ccccc3F)c12. The number of nitrogens with one attached hydrogen (secondary N) is 1. The number of hydrogen-bond acceptors (Lipinski definition) is 6. The molecule has 0 aliphatic heterocycles. The van der Waals surface area contributed by atoms with Gasteiger partial charge in [0.05, 0.1) is 23.2 Å². The van der Waals surface area contributed by atoms with Crippen LogP contribution in [0.3, 0.4) is 0 Å². The number of rotatable bonds is 6. The maximum absolute atomic E-state index is 14.1. The van der Waals surface area contributed by atoms with Crippen LogP contribution in [0.1, 0.15) is 26.3 Å². The fraction of sp³-hybridized carbons (Fsp3) is 0.0357. The lowest BCUT2D eigenvalue weighted by Gasteiger charge is -2.09. The molecule has 0 bridgehead atoms. The molecule has 2 heterocycles. The van der Waals surface area contributed by atoms with E-state index in [1.807, 2.05) is 6.07 Å². The molecule has 0 aliphatic rings. The Morgan fingerprint density at radius 2 is 1.84 bits per heavy atom. The van der Waals surface area contributed by atoms with Crippen LogP contribution in [0.5, 0.6) is 0 Å². The minimum Gasteiger partial charge on any atom is -0.366 e. The van der Waals surface area contributed by atoms with Crippen molar-refractivity contribution in [2.75, 3.05) is 5.32 Å². The van der Waals surface area contributed by atoms with Gasteiger partial charge in [0.2, 0.25) is 17.8 Å². The number of halogens is 1. The van der Waals surface area contributed by atoms with E-state index < -0.39 is 11.7 Å². The van der Waals surface area contributed by atoms with Gasteiger partial charge in [0, 0.05) is 34.6 Å². The van der Waals surface area contributed by atoms with Crippen molar-refractivity contribution in [3.05, 3.63) is 108 Å². The summed E-state index contributed by atoms with van der Waals surface area (Å²) in [4.78, 5) is 33.0. The van der Waals surface area contributed by atoms with Crippen molar-refractivity contribution in [2.45, 2.75) is 6.42 Å². The van der Waals surface area contributed by atoms with E-state index in [4.69, 9.17) is 5.73 Å². The Kier molecular flexibility index (Phi) is 6.14. The number of amides is 1.